The van der Waals surface area contributed by atoms with Gasteiger partial charge in [0.25, 0.3) is 5.91 Å². The molecule has 1 atom stereocenters. The number of carbonyl (C=O) groups is 1. The van der Waals surface area contributed by atoms with Gasteiger partial charge in [-0.05, 0) is 28.2 Å². The van der Waals surface area contributed by atoms with Crippen LogP contribution >= 0.6 is 0 Å². The predicted molar refractivity (Wildman–Crippen MR) is 99.6 cm³/mol. The molecule has 4 nitrogen and oxygen atoms in total. The highest BCUT2D eigenvalue weighted by molar-refractivity contribution is 5.95. The Morgan fingerprint density at radius 2 is 1.76 bits per heavy atom. The molecule has 0 spiro atoms. The zero-order chi connectivity index (χ0) is 18.4. The van der Waals surface area contributed by atoms with Gasteiger partial charge in [0.1, 0.15) is 0 Å². The number of amides is 1. The third-order valence-corrected chi connectivity index (χ3v) is 4.18. The smallest absolute Gasteiger partial charge is 0.251 e. The van der Waals surface area contributed by atoms with Gasteiger partial charge >= 0.3 is 0 Å². The van der Waals surface area contributed by atoms with Gasteiger partial charge < -0.3 is 15.2 Å². The normalized spacial score (nSPS) is 12.7. The van der Waals surface area contributed by atoms with Crippen molar-refractivity contribution in [2.75, 3.05) is 13.7 Å². The maximum absolute atomic E-state index is 12.4. The molecule has 2 aromatic rings. The van der Waals surface area contributed by atoms with E-state index in [-0.39, 0.29) is 17.9 Å². The molecule has 0 aliphatic carbocycles. The highest BCUT2D eigenvalue weighted by Crippen LogP contribution is 2.23. The molecule has 1 unspecified atom stereocenters. The lowest BCUT2D eigenvalue weighted by Crippen LogP contribution is -2.29. The Morgan fingerprint density at radius 1 is 1.12 bits per heavy atom. The average Bonchev–Trinajstić information content (AvgIpc) is 2.59. The topological polar surface area (TPSA) is 58.6 Å². The molecule has 1 amide bonds. The lowest BCUT2D eigenvalue weighted by Gasteiger charge is -2.20. The molecule has 0 aliphatic rings. The van der Waals surface area contributed by atoms with Crippen LogP contribution in [0.3, 0.4) is 0 Å². The monoisotopic (exact) mass is 341 g/mol. The fraction of sp³-hybridized carbons (Fsp3) is 0.381. The Morgan fingerprint density at radius 3 is 2.36 bits per heavy atom. The van der Waals surface area contributed by atoms with Crippen molar-refractivity contribution in [2.45, 2.75) is 38.9 Å². The molecule has 0 bridgehead atoms. The minimum Gasteiger partial charge on any atom is -0.387 e. The summed E-state index contributed by atoms with van der Waals surface area (Å²) >= 11 is 0. The summed E-state index contributed by atoms with van der Waals surface area (Å²) in [5.41, 5.74) is 3.47. The van der Waals surface area contributed by atoms with E-state index < -0.39 is 6.10 Å². The quantitative estimate of drug-likeness (QED) is 0.844. The number of hydrogen-bond donors (Lipinski definition) is 2. The first-order valence-corrected chi connectivity index (χ1v) is 8.46. The number of hydrogen-bond acceptors (Lipinski definition) is 3. The first-order chi connectivity index (χ1) is 11.8. The van der Waals surface area contributed by atoms with Crippen molar-refractivity contribution in [1.29, 1.82) is 0 Å². The van der Waals surface area contributed by atoms with Crippen molar-refractivity contribution in [3.05, 3.63) is 70.8 Å². The molecule has 2 aromatic carbocycles. The second kappa shape index (κ2) is 8.28. The van der Waals surface area contributed by atoms with E-state index in [1.165, 1.54) is 5.56 Å². The molecule has 134 valence electrons. The van der Waals surface area contributed by atoms with E-state index in [0.29, 0.717) is 12.2 Å². The number of ether oxygens (including phenoxy) is 1. The Balaban J connectivity index is 2.00. The second-order valence-corrected chi connectivity index (χ2v) is 7.19. The number of carbonyl (C=O) groups excluding carboxylic acids is 1. The van der Waals surface area contributed by atoms with E-state index >= 15 is 0 Å². The van der Waals surface area contributed by atoms with Gasteiger partial charge in [-0.25, -0.2) is 0 Å². The highest BCUT2D eigenvalue weighted by Gasteiger charge is 2.16. The van der Waals surface area contributed by atoms with Crippen LogP contribution in [0.15, 0.2) is 48.5 Å². The largest absolute Gasteiger partial charge is 0.387 e. The molecule has 0 aromatic heterocycles. The van der Waals surface area contributed by atoms with Crippen LogP contribution in [0.25, 0.3) is 0 Å². The average molecular weight is 341 g/mol. The fourth-order valence-electron chi connectivity index (χ4n) is 2.63. The molecular formula is C21H27NO3. The predicted octanol–water partition coefficient (Wildman–Crippen LogP) is 3.59. The summed E-state index contributed by atoms with van der Waals surface area (Å²) in [6.07, 6.45) is -0.743. The summed E-state index contributed by atoms with van der Waals surface area (Å²) in [4.78, 5) is 12.4. The summed E-state index contributed by atoms with van der Waals surface area (Å²) in [7, 11) is 1.60. The van der Waals surface area contributed by atoms with E-state index in [0.717, 1.165) is 11.1 Å². The van der Waals surface area contributed by atoms with Gasteiger partial charge in [-0.2, -0.15) is 0 Å². The van der Waals surface area contributed by atoms with Crippen molar-refractivity contribution in [3.63, 3.8) is 0 Å². The number of nitrogens with one attached hydrogen (secondary N) is 1. The van der Waals surface area contributed by atoms with Crippen molar-refractivity contribution >= 4 is 5.91 Å². The van der Waals surface area contributed by atoms with Crippen LogP contribution in [-0.2, 0) is 16.8 Å². The first-order valence-electron chi connectivity index (χ1n) is 8.46. The molecule has 0 saturated heterocycles. The molecule has 25 heavy (non-hydrogen) atoms. The third kappa shape index (κ3) is 5.15. The molecule has 2 rings (SSSR count). The second-order valence-electron chi connectivity index (χ2n) is 7.19. The fourth-order valence-corrected chi connectivity index (χ4v) is 2.63. The number of benzene rings is 2. The zero-order valence-electron chi connectivity index (χ0n) is 15.4. The van der Waals surface area contributed by atoms with Crippen LogP contribution in [0.5, 0.6) is 0 Å². The number of aliphatic hydroxyl groups is 1. The van der Waals surface area contributed by atoms with Crippen molar-refractivity contribution < 1.29 is 14.6 Å². The number of rotatable bonds is 6. The Kier molecular flexibility index (Phi) is 6.34. The Hall–Kier alpha value is -2.17. The van der Waals surface area contributed by atoms with Gasteiger partial charge in [-0.15, -0.1) is 0 Å². The van der Waals surface area contributed by atoms with Crippen molar-refractivity contribution in [3.8, 4) is 0 Å². The molecule has 2 N–H and O–H groups in total. The first kappa shape index (κ1) is 19.2. The highest BCUT2D eigenvalue weighted by atomic mass is 16.5. The molecule has 0 aliphatic heterocycles. The molecule has 0 heterocycles. The Labute approximate surface area is 149 Å². The summed E-state index contributed by atoms with van der Waals surface area (Å²) in [5.74, 6) is -0.210. The van der Waals surface area contributed by atoms with Crippen LogP contribution in [-0.4, -0.2) is 24.7 Å². The number of methoxy groups -OCH3 is 1. The zero-order valence-corrected chi connectivity index (χ0v) is 15.4. The van der Waals surface area contributed by atoms with Gasteiger partial charge in [-0.3, -0.25) is 4.79 Å². The van der Waals surface area contributed by atoms with E-state index in [9.17, 15) is 9.90 Å². The van der Waals surface area contributed by atoms with Crippen molar-refractivity contribution in [1.82, 2.24) is 5.32 Å². The molecule has 0 radical (unpaired) electrons. The lowest BCUT2D eigenvalue weighted by atomic mass is 9.86. The lowest BCUT2D eigenvalue weighted by molar-refractivity contribution is 0.0911. The van der Waals surface area contributed by atoms with Crippen LogP contribution in [0, 0.1) is 0 Å². The van der Waals surface area contributed by atoms with Crippen LogP contribution < -0.4 is 5.32 Å². The minimum atomic E-state index is -0.743. The van der Waals surface area contributed by atoms with Gasteiger partial charge in [0.05, 0.1) is 12.7 Å². The maximum atomic E-state index is 12.4. The summed E-state index contributed by atoms with van der Waals surface area (Å²) in [6.45, 7) is 6.98. The van der Waals surface area contributed by atoms with Crippen LogP contribution in [0.1, 0.15) is 53.9 Å². The van der Waals surface area contributed by atoms with E-state index in [1.807, 2.05) is 42.5 Å². The molecule has 0 fully saturated rings. The minimum absolute atomic E-state index is 0.0722. The maximum Gasteiger partial charge on any atom is 0.251 e. The summed E-state index contributed by atoms with van der Waals surface area (Å²) in [6, 6.07) is 15.2. The van der Waals surface area contributed by atoms with Gasteiger partial charge in [0, 0.05) is 19.2 Å². The molecule has 4 heteroatoms. The third-order valence-electron chi connectivity index (χ3n) is 4.18. The van der Waals surface area contributed by atoms with E-state index in [4.69, 9.17) is 4.74 Å². The van der Waals surface area contributed by atoms with Gasteiger partial charge in [0.15, 0.2) is 0 Å². The standard InChI is InChI=1S/C21H27NO3/c1-21(2,3)17-11-9-15(10-12-17)19(23)13-22-20(24)18-8-6-5-7-16(18)14-25-4/h5-12,19,23H,13-14H2,1-4H3,(H,22,24). The summed E-state index contributed by atoms with van der Waals surface area (Å²) in [5, 5.41) is 13.1. The molecule has 0 saturated carbocycles. The van der Waals surface area contributed by atoms with Crippen molar-refractivity contribution in [2.24, 2.45) is 0 Å². The van der Waals surface area contributed by atoms with Crippen LogP contribution in [0.4, 0.5) is 0 Å². The SMILES string of the molecule is COCc1ccccc1C(=O)NCC(O)c1ccc(C(C)(C)C)cc1. The van der Waals surface area contributed by atoms with Crippen LogP contribution in [0.2, 0.25) is 0 Å². The number of aliphatic hydroxyl groups excluding tert-OH is 1. The van der Waals surface area contributed by atoms with E-state index in [2.05, 4.69) is 26.1 Å². The van der Waals surface area contributed by atoms with E-state index in [1.54, 1.807) is 13.2 Å². The Bertz CT molecular complexity index is 702. The van der Waals surface area contributed by atoms with Gasteiger partial charge in [0.2, 0.25) is 0 Å². The van der Waals surface area contributed by atoms with Gasteiger partial charge in [-0.1, -0.05) is 63.2 Å². The summed E-state index contributed by atoms with van der Waals surface area (Å²) < 4.78 is 5.12. The molecular weight excluding hydrogens is 314 g/mol.